The summed E-state index contributed by atoms with van der Waals surface area (Å²) < 4.78 is 0. The number of rotatable bonds is 1. The van der Waals surface area contributed by atoms with Gasteiger partial charge in [0.1, 0.15) is 0 Å². The van der Waals surface area contributed by atoms with E-state index in [-0.39, 0.29) is 5.78 Å². The normalized spacial score (nSPS) is 18.9. The van der Waals surface area contributed by atoms with Crippen molar-refractivity contribution in [2.45, 2.75) is 20.3 Å². The lowest BCUT2D eigenvalue weighted by Gasteiger charge is -2.09. The van der Waals surface area contributed by atoms with E-state index >= 15 is 0 Å². The zero-order chi connectivity index (χ0) is 12.4. The molecule has 2 rings (SSSR count). The van der Waals surface area contributed by atoms with Gasteiger partial charge in [0.05, 0.1) is 4.88 Å². The van der Waals surface area contributed by atoms with Crippen LogP contribution in [0.25, 0.3) is 5.70 Å². The molecule has 0 bridgehead atoms. The number of nitrogens with zero attached hydrogens (tertiary/aromatic N) is 1. The van der Waals surface area contributed by atoms with Gasteiger partial charge in [0.25, 0.3) is 0 Å². The molecule has 90 valence electrons. The summed E-state index contributed by atoms with van der Waals surface area (Å²) in [5.74, 6) is 0.238. The van der Waals surface area contributed by atoms with Gasteiger partial charge in [-0.15, -0.1) is 11.3 Å². The molecule has 0 radical (unpaired) electrons. The molecule has 0 saturated heterocycles. The van der Waals surface area contributed by atoms with Crippen molar-refractivity contribution in [2.24, 2.45) is 4.99 Å². The fourth-order valence-electron chi connectivity index (χ4n) is 2.03. The Kier molecular flexibility index (Phi) is 3.43. The van der Waals surface area contributed by atoms with E-state index < -0.39 is 0 Å². The average Bonchev–Trinajstić information content (AvgIpc) is 2.59. The molecule has 0 spiro atoms. The van der Waals surface area contributed by atoms with Gasteiger partial charge in [0.2, 0.25) is 0 Å². The summed E-state index contributed by atoms with van der Waals surface area (Å²) in [5.41, 5.74) is 3.15. The van der Waals surface area contributed by atoms with Crippen LogP contribution in [0.2, 0.25) is 0 Å². The Morgan fingerprint density at radius 1 is 1.59 bits per heavy atom. The second-order valence-corrected chi connectivity index (χ2v) is 5.40. The molecule has 0 aliphatic carbocycles. The van der Waals surface area contributed by atoms with Crippen LogP contribution in [0, 0.1) is 6.92 Å². The number of fused-ring (bicyclic) bond motifs is 1. The van der Waals surface area contributed by atoms with E-state index in [9.17, 15) is 4.79 Å². The summed E-state index contributed by atoms with van der Waals surface area (Å²) in [4.78, 5) is 18.0. The standard InChI is InChI=1S/C13H16N2OS/c1-8(7-14-3)12-10-6-9(2)17-13(10)11(16)4-5-15-12/h6-7,15H,4-5H2,1-3H3/b12-8-,14-7?. The lowest BCUT2D eigenvalue weighted by atomic mass is 10.1. The number of Topliss-reactive ketones (excluding diaryl/α,β-unsaturated/α-hetero) is 1. The third-order valence-electron chi connectivity index (χ3n) is 2.75. The molecular weight excluding hydrogens is 232 g/mol. The minimum absolute atomic E-state index is 0.238. The molecular formula is C13H16N2OS. The number of carbonyl (C=O) groups is 1. The van der Waals surface area contributed by atoms with Crippen LogP contribution in [0.4, 0.5) is 0 Å². The molecule has 0 saturated carbocycles. The van der Waals surface area contributed by atoms with Gasteiger partial charge in [-0.2, -0.15) is 0 Å². The number of allylic oxidation sites excluding steroid dienone is 1. The number of hydrogen-bond acceptors (Lipinski definition) is 4. The highest BCUT2D eigenvalue weighted by atomic mass is 32.1. The minimum Gasteiger partial charge on any atom is -0.384 e. The molecule has 2 heterocycles. The molecule has 1 aromatic heterocycles. The Bertz CT molecular complexity index is 511. The first-order valence-corrected chi connectivity index (χ1v) is 6.46. The molecule has 0 amide bonds. The van der Waals surface area contributed by atoms with Crippen molar-refractivity contribution in [3.8, 4) is 0 Å². The van der Waals surface area contributed by atoms with E-state index in [2.05, 4.69) is 16.4 Å². The van der Waals surface area contributed by atoms with E-state index in [0.717, 1.165) is 21.7 Å². The predicted octanol–water partition coefficient (Wildman–Crippen LogP) is 2.66. The highest BCUT2D eigenvalue weighted by Gasteiger charge is 2.22. The number of hydrogen-bond donors (Lipinski definition) is 1. The number of carbonyl (C=O) groups excluding carboxylic acids is 1. The van der Waals surface area contributed by atoms with Crippen molar-refractivity contribution in [2.75, 3.05) is 13.6 Å². The number of nitrogens with one attached hydrogen (secondary N) is 1. The summed E-state index contributed by atoms with van der Waals surface area (Å²) >= 11 is 1.58. The lowest BCUT2D eigenvalue weighted by Crippen LogP contribution is -2.14. The zero-order valence-corrected chi connectivity index (χ0v) is 11.1. The van der Waals surface area contributed by atoms with Crippen LogP contribution in [0.3, 0.4) is 0 Å². The summed E-state index contributed by atoms with van der Waals surface area (Å²) in [5, 5.41) is 3.34. The second-order valence-electron chi connectivity index (χ2n) is 4.15. The van der Waals surface area contributed by atoms with Crippen LogP contribution < -0.4 is 5.32 Å². The summed E-state index contributed by atoms with van der Waals surface area (Å²) in [6.07, 6.45) is 2.39. The van der Waals surface area contributed by atoms with Crippen LogP contribution in [-0.2, 0) is 0 Å². The maximum Gasteiger partial charge on any atom is 0.175 e. The van der Waals surface area contributed by atoms with Gasteiger partial charge < -0.3 is 5.32 Å². The molecule has 0 unspecified atom stereocenters. The van der Waals surface area contributed by atoms with Crippen LogP contribution >= 0.6 is 11.3 Å². The van der Waals surface area contributed by atoms with Gasteiger partial charge in [0, 0.05) is 42.4 Å². The second kappa shape index (κ2) is 4.84. The molecule has 17 heavy (non-hydrogen) atoms. The highest BCUT2D eigenvalue weighted by molar-refractivity contribution is 7.14. The van der Waals surface area contributed by atoms with Crippen molar-refractivity contribution in [1.82, 2.24) is 5.32 Å². The number of aryl methyl sites for hydroxylation is 1. The Morgan fingerprint density at radius 3 is 3.06 bits per heavy atom. The molecule has 0 fully saturated rings. The lowest BCUT2D eigenvalue weighted by molar-refractivity contribution is 0.0989. The third-order valence-corrected chi connectivity index (χ3v) is 3.84. The largest absolute Gasteiger partial charge is 0.384 e. The van der Waals surface area contributed by atoms with Crippen molar-refractivity contribution in [1.29, 1.82) is 0 Å². The number of ketones is 1. The molecule has 0 aromatic carbocycles. The summed E-state index contributed by atoms with van der Waals surface area (Å²) in [6.45, 7) is 4.75. The van der Waals surface area contributed by atoms with Crippen molar-refractivity contribution in [3.05, 3.63) is 27.0 Å². The molecule has 1 aliphatic heterocycles. The Hall–Kier alpha value is -1.42. The van der Waals surface area contributed by atoms with Gasteiger partial charge in [-0.05, 0) is 25.5 Å². The van der Waals surface area contributed by atoms with E-state index in [1.165, 1.54) is 4.88 Å². The van der Waals surface area contributed by atoms with Crippen LogP contribution in [0.15, 0.2) is 16.6 Å². The quantitative estimate of drug-likeness (QED) is 0.776. The maximum absolute atomic E-state index is 12.0. The van der Waals surface area contributed by atoms with E-state index in [1.807, 2.05) is 20.1 Å². The fraction of sp³-hybridized carbons (Fsp3) is 0.385. The Labute approximate surface area is 105 Å². The minimum atomic E-state index is 0.238. The fourth-order valence-corrected chi connectivity index (χ4v) is 3.01. The first-order chi connectivity index (χ1) is 8.13. The zero-order valence-electron chi connectivity index (χ0n) is 10.3. The molecule has 0 atom stereocenters. The number of aliphatic imine (C=N–C) groups is 1. The molecule has 4 heteroatoms. The van der Waals surface area contributed by atoms with Crippen LogP contribution in [-0.4, -0.2) is 25.6 Å². The number of thiophene rings is 1. The van der Waals surface area contributed by atoms with E-state index in [4.69, 9.17) is 0 Å². The first kappa shape index (κ1) is 12.0. The van der Waals surface area contributed by atoms with Crippen molar-refractivity contribution in [3.63, 3.8) is 0 Å². The molecule has 1 aliphatic rings. The van der Waals surface area contributed by atoms with Crippen molar-refractivity contribution < 1.29 is 4.79 Å². The first-order valence-electron chi connectivity index (χ1n) is 5.64. The van der Waals surface area contributed by atoms with Gasteiger partial charge in [-0.3, -0.25) is 9.79 Å². The van der Waals surface area contributed by atoms with Crippen LogP contribution in [0.5, 0.6) is 0 Å². The third kappa shape index (κ3) is 2.31. The maximum atomic E-state index is 12.0. The summed E-state index contributed by atoms with van der Waals surface area (Å²) in [6, 6.07) is 2.08. The topological polar surface area (TPSA) is 41.5 Å². The van der Waals surface area contributed by atoms with Crippen LogP contribution in [0.1, 0.15) is 33.5 Å². The van der Waals surface area contributed by atoms with Gasteiger partial charge in [0.15, 0.2) is 5.78 Å². The van der Waals surface area contributed by atoms with Gasteiger partial charge >= 0.3 is 0 Å². The highest BCUT2D eigenvalue weighted by Crippen LogP contribution is 2.31. The van der Waals surface area contributed by atoms with E-state index in [0.29, 0.717) is 13.0 Å². The Morgan fingerprint density at radius 2 is 2.35 bits per heavy atom. The van der Waals surface area contributed by atoms with Gasteiger partial charge in [-0.1, -0.05) is 0 Å². The van der Waals surface area contributed by atoms with Crippen molar-refractivity contribution >= 4 is 29.0 Å². The average molecular weight is 248 g/mol. The SMILES string of the molecule is CN=C/C(C)=C1\NCCC(=O)c2sc(C)cc21. The summed E-state index contributed by atoms with van der Waals surface area (Å²) in [7, 11) is 1.76. The molecule has 3 nitrogen and oxygen atoms in total. The predicted molar refractivity (Wildman–Crippen MR) is 73.0 cm³/mol. The monoisotopic (exact) mass is 248 g/mol. The molecule has 1 aromatic rings. The van der Waals surface area contributed by atoms with E-state index in [1.54, 1.807) is 18.4 Å². The Balaban J connectivity index is 2.59. The van der Waals surface area contributed by atoms with Gasteiger partial charge in [-0.25, -0.2) is 0 Å². The molecule has 1 N–H and O–H groups in total. The smallest absolute Gasteiger partial charge is 0.175 e.